The average molecular weight is 333 g/mol. The Morgan fingerprint density at radius 3 is 2.50 bits per heavy atom. The first kappa shape index (κ1) is 18.3. The molecule has 0 atom stereocenters. The first-order valence-corrected chi connectivity index (χ1v) is 8.68. The smallest absolute Gasteiger partial charge is 0.311 e. The van der Waals surface area contributed by atoms with Gasteiger partial charge in [0.25, 0.3) is 0 Å². The van der Waals surface area contributed by atoms with Gasteiger partial charge in [0.05, 0.1) is 17.9 Å². The molecule has 1 aromatic carbocycles. The zero-order valence-electron chi connectivity index (χ0n) is 14.5. The zero-order chi connectivity index (χ0) is 17.6. The summed E-state index contributed by atoms with van der Waals surface area (Å²) in [5, 5.41) is 12.4. The molecule has 0 aliphatic heterocycles. The van der Waals surface area contributed by atoms with E-state index in [0.29, 0.717) is 18.6 Å². The molecule has 0 radical (unpaired) electrons. The highest BCUT2D eigenvalue weighted by Crippen LogP contribution is 2.36. The Hall–Kier alpha value is -2.04. The van der Waals surface area contributed by atoms with E-state index in [4.69, 9.17) is 4.74 Å². The molecule has 1 aliphatic carbocycles. The van der Waals surface area contributed by atoms with Crippen LogP contribution in [0.25, 0.3) is 0 Å². The number of para-hydroxylation sites is 1. The highest BCUT2D eigenvalue weighted by Gasteiger charge is 2.39. The predicted octanol–water partition coefficient (Wildman–Crippen LogP) is 3.17. The number of carboxylic acids is 1. The Kier molecular flexibility index (Phi) is 6.23. The van der Waals surface area contributed by atoms with Gasteiger partial charge >= 0.3 is 5.97 Å². The minimum absolute atomic E-state index is 0.0340. The van der Waals surface area contributed by atoms with Crippen LogP contribution in [0.5, 0.6) is 5.75 Å². The number of hydrogen-bond acceptors (Lipinski definition) is 3. The zero-order valence-corrected chi connectivity index (χ0v) is 14.5. The molecular formula is C19H27NO4. The summed E-state index contributed by atoms with van der Waals surface area (Å²) >= 11 is 0. The number of ether oxygens (including phenoxy) is 1. The standard InChI is InChI=1S/C19H27NO4/c1-14(2)24-16-9-5-4-8-15(16)12-17(21)20-13-19(18(22)23)10-6-3-7-11-19/h4-5,8-9,14H,3,6-7,10-13H2,1-2H3,(H,20,21)(H,22,23). The maximum Gasteiger partial charge on any atom is 0.311 e. The number of amides is 1. The second-order valence-corrected chi connectivity index (χ2v) is 6.87. The van der Waals surface area contributed by atoms with E-state index in [-0.39, 0.29) is 25.0 Å². The Morgan fingerprint density at radius 1 is 1.21 bits per heavy atom. The lowest BCUT2D eigenvalue weighted by molar-refractivity contribution is -0.151. The van der Waals surface area contributed by atoms with Gasteiger partial charge in [0.15, 0.2) is 0 Å². The second-order valence-electron chi connectivity index (χ2n) is 6.87. The van der Waals surface area contributed by atoms with Crippen LogP contribution in [-0.2, 0) is 16.0 Å². The molecular weight excluding hydrogens is 306 g/mol. The van der Waals surface area contributed by atoms with Crippen molar-refractivity contribution in [3.8, 4) is 5.75 Å². The third-order valence-corrected chi connectivity index (χ3v) is 4.57. The van der Waals surface area contributed by atoms with Crippen molar-refractivity contribution in [3.63, 3.8) is 0 Å². The van der Waals surface area contributed by atoms with Crippen LogP contribution in [0.3, 0.4) is 0 Å². The molecule has 0 saturated heterocycles. The van der Waals surface area contributed by atoms with E-state index in [9.17, 15) is 14.7 Å². The Balaban J connectivity index is 1.97. The third kappa shape index (κ3) is 4.73. The van der Waals surface area contributed by atoms with E-state index in [0.717, 1.165) is 24.8 Å². The number of benzene rings is 1. The fourth-order valence-corrected chi connectivity index (χ4v) is 3.22. The van der Waals surface area contributed by atoms with Gasteiger partial charge in [-0.15, -0.1) is 0 Å². The van der Waals surface area contributed by atoms with Crippen molar-refractivity contribution in [2.24, 2.45) is 5.41 Å². The largest absolute Gasteiger partial charge is 0.491 e. The molecule has 5 heteroatoms. The van der Waals surface area contributed by atoms with E-state index < -0.39 is 11.4 Å². The fraction of sp³-hybridized carbons (Fsp3) is 0.579. The van der Waals surface area contributed by atoms with Crippen LogP contribution in [0.4, 0.5) is 0 Å². The molecule has 24 heavy (non-hydrogen) atoms. The summed E-state index contributed by atoms with van der Waals surface area (Å²) in [6, 6.07) is 7.46. The number of carboxylic acid groups (broad SMARTS) is 1. The molecule has 1 amide bonds. The van der Waals surface area contributed by atoms with E-state index in [2.05, 4.69) is 5.32 Å². The minimum atomic E-state index is -0.804. The summed E-state index contributed by atoms with van der Waals surface area (Å²) in [7, 11) is 0. The monoisotopic (exact) mass is 333 g/mol. The molecule has 2 N–H and O–H groups in total. The normalized spacial score (nSPS) is 16.6. The Bertz CT molecular complexity index is 576. The molecule has 2 rings (SSSR count). The van der Waals surface area contributed by atoms with E-state index in [1.807, 2.05) is 38.1 Å². The molecule has 0 unspecified atom stereocenters. The van der Waals surface area contributed by atoms with Crippen molar-refractivity contribution in [1.29, 1.82) is 0 Å². The first-order chi connectivity index (χ1) is 11.4. The van der Waals surface area contributed by atoms with Crippen LogP contribution >= 0.6 is 0 Å². The van der Waals surface area contributed by atoms with Crippen molar-refractivity contribution in [2.45, 2.75) is 58.5 Å². The molecule has 0 spiro atoms. The van der Waals surface area contributed by atoms with Gasteiger partial charge in [0, 0.05) is 12.1 Å². The Labute approximate surface area is 143 Å². The van der Waals surface area contributed by atoms with Crippen LogP contribution in [0, 0.1) is 5.41 Å². The summed E-state index contributed by atoms with van der Waals surface area (Å²) < 4.78 is 5.72. The topological polar surface area (TPSA) is 75.6 Å². The van der Waals surface area contributed by atoms with E-state index in [1.54, 1.807) is 0 Å². The Morgan fingerprint density at radius 2 is 1.88 bits per heavy atom. The molecule has 0 bridgehead atoms. The number of carbonyl (C=O) groups excluding carboxylic acids is 1. The summed E-state index contributed by atoms with van der Waals surface area (Å²) in [4.78, 5) is 23.9. The van der Waals surface area contributed by atoms with Crippen molar-refractivity contribution < 1.29 is 19.4 Å². The first-order valence-electron chi connectivity index (χ1n) is 8.68. The molecule has 1 aliphatic rings. The van der Waals surface area contributed by atoms with Gasteiger partial charge in [0.2, 0.25) is 5.91 Å². The molecule has 132 valence electrons. The minimum Gasteiger partial charge on any atom is -0.491 e. The van der Waals surface area contributed by atoms with Gasteiger partial charge in [-0.05, 0) is 32.8 Å². The number of hydrogen-bond donors (Lipinski definition) is 2. The molecule has 0 heterocycles. The lowest BCUT2D eigenvalue weighted by Gasteiger charge is -2.33. The highest BCUT2D eigenvalue weighted by atomic mass is 16.5. The summed E-state index contributed by atoms with van der Waals surface area (Å²) in [5.41, 5.74) is 0.0127. The predicted molar refractivity (Wildman–Crippen MR) is 92.1 cm³/mol. The lowest BCUT2D eigenvalue weighted by Crippen LogP contribution is -2.44. The summed E-state index contributed by atoms with van der Waals surface area (Å²) in [5.74, 6) is -0.264. The summed E-state index contributed by atoms with van der Waals surface area (Å²) in [6.45, 7) is 4.08. The lowest BCUT2D eigenvalue weighted by atomic mass is 9.74. The number of aliphatic carboxylic acids is 1. The van der Waals surface area contributed by atoms with Gasteiger partial charge in [-0.3, -0.25) is 9.59 Å². The van der Waals surface area contributed by atoms with Crippen LogP contribution < -0.4 is 10.1 Å². The van der Waals surface area contributed by atoms with Crippen molar-refractivity contribution in [1.82, 2.24) is 5.32 Å². The molecule has 1 fully saturated rings. The number of nitrogens with one attached hydrogen (secondary N) is 1. The maximum absolute atomic E-state index is 12.3. The van der Waals surface area contributed by atoms with Crippen LogP contribution in [0.2, 0.25) is 0 Å². The number of rotatable bonds is 7. The maximum atomic E-state index is 12.3. The molecule has 1 aromatic rings. The van der Waals surface area contributed by atoms with Gasteiger partial charge in [-0.2, -0.15) is 0 Å². The second kappa shape index (κ2) is 8.18. The van der Waals surface area contributed by atoms with Crippen LogP contribution in [-0.4, -0.2) is 29.6 Å². The van der Waals surface area contributed by atoms with Crippen LogP contribution in [0.15, 0.2) is 24.3 Å². The highest BCUT2D eigenvalue weighted by molar-refractivity contribution is 5.81. The van der Waals surface area contributed by atoms with Gasteiger partial charge in [-0.1, -0.05) is 37.5 Å². The quantitative estimate of drug-likeness (QED) is 0.803. The average Bonchev–Trinajstić information content (AvgIpc) is 2.55. The van der Waals surface area contributed by atoms with Crippen molar-refractivity contribution in [2.75, 3.05) is 6.54 Å². The van der Waals surface area contributed by atoms with Gasteiger partial charge in [0.1, 0.15) is 5.75 Å². The van der Waals surface area contributed by atoms with E-state index in [1.165, 1.54) is 0 Å². The van der Waals surface area contributed by atoms with E-state index >= 15 is 0 Å². The SMILES string of the molecule is CC(C)Oc1ccccc1CC(=O)NCC1(C(=O)O)CCCCC1. The fourth-order valence-electron chi connectivity index (χ4n) is 3.22. The molecule has 0 aromatic heterocycles. The third-order valence-electron chi connectivity index (χ3n) is 4.57. The number of carbonyl (C=O) groups is 2. The van der Waals surface area contributed by atoms with Crippen molar-refractivity contribution in [3.05, 3.63) is 29.8 Å². The van der Waals surface area contributed by atoms with Crippen LogP contribution in [0.1, 0.15) is 51.5 Å². The van der Waals surface area contributed by atoms with Crippen molar-refractivity contribution >= 4 is 11.9 Å². The molecule has 1 saturated carbocycles. The van der Waals surface area contributed by atoms with Gasteiger partial charge in [-0.25, -0.2) is 0 Å². The summed E-state index contributed by atoms with van der Waals surface area (Å²) in [6.07, 6.45) is 4.39. The van der Waals surface area contributed by atoms with Gasteiger partial charge < -0.3 is 15.2 Å². The molecule has 5 nitrogen and oxygen atoms in total.